The maximum absolute atomic E-state index is 4.70. The lowest BCUT2D eigenvalue weighted by Crippen LogP contribution is -2.40. The molecule has 5 rings (SSSR count). The number of fused-ring (bicyclic) bond motifs is 5. The smallest absolute Gasteiger partial charge is 0.147 e. The van der Waals surface area contributed by atoms with Crippen molar-refractivity contribution in [1.82, 2.24) is 9.99 Å². The van der Waals surface area contributed by atoms with Crippen LogP contribution >= 0.6 is 0 Å². The van der Waals surface area contributed by atoms with Crippen LogP contribution in [0.1, 0.15) is 55.7 Å². The van der Waals surface area contributed by atoms with E-state index in [2.05, 4.69) is 58.7 Å². The van der Waals surface area contributed by atoms with Gasteiger partial charge in [0, 0.05) is 18.3 Å². The minimum absolute atomic E-state index is 0.450. The Hall–Kier alpha value is -2.29. The summed E-state index contributed by atoms with van der Waals surface area (Å²) in [5.41, 5.74) is 2.87. The topological polar surface area (TPSA) is 19.4 Å². The summed E-state index contributed by atoms with van der Waals surface area (Å²) in [5, 5.41) is 4.97. The van der Waals surface area contributed by atoms with Crippen molar-refractivity contribution in [2.24, 2.45) is 5.92 Å². The van der Waals surface area contributed by atoms with Crippen molar-refractivity contribution in [3.63, 3.8) is 0 Å². The average Bonchev–Trinajstić information content (AvgIpc) is 2.95. The molecule has 1 aromatic carbocycles. The van der Waals surface area contributed by atoms with Crippen LogP contribution in [0.3, 0.4) is 0 Å². The summed E-state index contributed by atoms with van der Waals surface area (Å²) in [7, 11) is 0. The summed E-state index contributed by atoms with van der Waals surface area (Å²) in [6, 6.07) is 16.2. The summed E-state index contributed by atoms with van der Waals surface area (Å²) in [5.74, 6) is 1.76. The van der Waals surface area contributed by atoms with E-state index in [1.807, 2.05) is 12.3 Å². The normalized spacial score (nSPS) is 27.9. The van der Waals surface area contributed by atoms with E-state index in [0.717, 1.165) is 5.82 Å². The molecule has 0 unspecified atom stereocenters. The Labute approximate surface area is 150 Å². The Kier molecular flexibility index (Phi) is 3.73. The fraction of sp³-hybridized carbons (Fsp3) is 0.409. The zero-order valence-corrected chi connectivity index (χ0v) is 14.6. The van der Waals surface area contributed by atoms with Gasteiger partial charge in [0.15, 0.2) is 0 Å². The molecule has 3 heterocycles. The molecule has 0 radical (unpaired) electrons. The lowest BCUT2D eigenvalue weighted by atomic mass is 9.79. The summed E-state index contributed by atoms with van der Waals surface area (Å²) in [6.07, 6.45) is 14.5. The highest BCUT2D eigenvalue weighted by molar-refractivity contribution is 5.59. The minimum Gasteiger partial charge on any atom is -0.283 e. The molecule has 3 aliphatic rings. The predicted octanol–water partition coefficient (Wildman–Crippen LogP) is 5.18. The molecule has 1 aliphatic carbocycles. The third-order valence-corrected chi connectivity index (χ3v) is 6.14. The SMILES string of the molecule is C1=CN2[C@@H](c3ccccc31)[C@@H]1CCCCCC[C@H]1N2c1ccccn1. The van der Waals surface area contributed by atoms with Crippen molar-refractivity contribution in [3.05, 3.63) is 66.0 Å². The lowest BCUT2D eigenvalue weighted by molar-refractivity contribution is 0.274. The van der Waals surface area contributed by atoms with E-state index in [1.54, 1.807) is 0 Å². The Morgan fingerprint density at radius 1 is 0.880 bits per heavy atom. The predicted molar refractivity (Wildman–Crippen MR) is 102 cm³/mol. The molecule has 3 nitrogen and oxygen atoms in total. The van der Waals surface area contributed by atoms with Gasteiger partial charge in [0.1, 0.15) is 5.82 Å². The molecule has 3 atom stereocenters. The third-order valence-electron chi connectivity index (χ3n) is 6.14. The second-order valence-corrected chi connectivity index (χ2v) is 7.52. The Morgan fingerprint density at radius 3 is 2.60 bits per heavy atom. The van der Waals surface area contributed by atoms with Crippen LogP contribution in [0.25, 0.3) is 6.08 Å². The van der Waals surface area contributed by atoms with Crippen molar-refractivity contribution in [2.75, 3.05) is 5.01 Å². The molecule has 0 spiro atoms. The Morgan fingerprint density at radius 2 is 1.72 bits per heavy atom. The van der Waals surface area contributed by atoms with Gasteiger partial charge in [-0.2, -0.15) is 0 Å². The number of hydrazine groups is 1. The van der Waals surface area contributed by atoms with Crippen molar-refractivity contribution in [2.45, 2.75) is 50.6 Å². The Bertz CT molecular complexity index is 762. The molecule has 1 saturated carbocycles. The van der Waals surface area contributed by atoms with Crippen LogP contribution in [0.15, 0.2) is 54.9 Å². The minimum atomic E-state index is 0.450. The highest BCUT2D eigenvalue weighted by Crippen LogP contribution is 2.50. The van der Waals surface area contributed by atoms with Gasteiger partial charge in [0.05, 0.1) is 12.1 Å². The highest BCUT2D eigenvalue weighted by Gasteiger charge is 2.48. The number of pyridine rings is 1. The molecular formula is C22H25N3. The zero-order chi connectivity index (χ0) is 16.6. The molecule has 3 heteroatoms. The average molecular weight is 331 g/mol. The number of hydrogen-bond acceptors (Lipinski definition) is 3. The largest absolute Gasteiger partial charge is 0.283 e. The van der Waals surface area contributed by atoms with Crippen LogP contribution in [0.2, 0.25) is 0 Å². The first-order valence-electron chi connectivity index (χ1n) is 9.69. The van der Waals surface area contributed by atoms with Gasteiger partial charge in [-0.25, -0.2) is 4.98 Å². The number of rotatable bonds is 1. The summed E-state index contributed by atoms with van der Waals surface area (Å²) < 4.78 is 0. The molecule has 2 fully saturated rings. The first-order chi connectivity index (χ1) is 12.4. The standard InChI is InChI=1S/C22H25N3/c1-2-4-12-20-19(11-3-1)22-18-10-6-5-9-17(18)14-16-24(22)25(20)21-13-7-8-15-23-21/h5-10,13-16,19-20,22H,1-4,11-12H2/t19-,20-,22+/m1/s1. The van der Waals surface area contributed by atoms with Crippen LogP contribution in [0.5, 0.6) is 0 Å². The number of anilines is 1. The van der Waals surface area contributed by atoms with E-state index in [4.69, 9.17) is 4.98 Å². The van der Waals surface area contributed by atoms with E-state index in [1.165, 1.54) is 49.7 Å². The van der Waals surface area contributed by atoms with Crippen molar-refractivity contribution in [3.8, 4) is 0 Å². The number of benzene rings is 1. The highest BCUT2D eigenvalue weighted by atomic mass is 15.7. The van der Waals surface area contributed by atoms with Crippen LogP contribution in [-0.4, -0.2) is 16.0 Å². The molecular weight excluding hydrogens is 306 g/mol. The van der Waals surface area contributed by atoms with Crippen molar-refractivity contribution < 1.29 is 0 Å². The van der Waals surface area contributed by atoms with Gasteiger partial charge in [-0.1, -0.05) is 56.0 Å². The second-order valence-electron chi connectivity index (χ2n) is 7.52. The molecule has 2 aromatic rings. The summed E-state index contributed by atoms with van der Waals surface area (Å²) in [4.78, 5) is 4.70. The van der Waals surface area contributed by atoms with Crippen LogP contribution in [0.4, 0.5) is 5.82 Å². The van der Waals surface area contributed by atoms with Crippen LogP contribution < -0.4 is 5.01 Å². The number of nitrogens with zero attached hydrogens (tertiary/aromatic N) is 3. The molecule has 25 heavy (non-hydrogen) atoms. The molecule has 1 aromatic heterocycles. The van der Waals surface area contributed by atoms with E-state index in [-0.39, 0.29) is 0 Å². The molecule has 2 aliphatic heterocycles. The van der Waals surface area contributed by atoms with Crippen molar-refractivity contribution in [1.29, 1.82) is 0 Å². The van der Waals surface area contributed by atoms with Gasteiger partial charge in [0.2, 0.25) is 0 Å². The van der Waals surface area contributed by atoms with E-state index in [0.29, 0.717) is 18.0 Å². The first-order valence-corrected chi connectivity index (χ1v) is 9.69. The summed E-state index contributed by atoms with van der Waals surface area (Å²) in [6.45, 7) is 0. The fourth-order valence-electron chi connectivity index (χ4n) is 5.07. The first kappa shape index (κ1) is 15.0. The van der Waals surface area contributed by atoms with Crippen LogP contribution in [-0.2, 0) is 0 Å². The third kappa shape index (κ3) is 2.45. The number of aromatic nitrogens is 1. The van der Waals surface area contributed by atoms with Gasteiger partial charge in [-0.15, -0.1) is 0 Å². The van der Waals surface area contributed by atoms with Gasteiger partial charge >= 0.3 is 0 Å². The summed E-state index contributed by atoms with van der Waals surface area (Å²) >= 11 is 0. The maximum atomic E-state index is 4.70. The zero-order valence-electron chi connectivity index (χ0n) is 14.6. The monoisotopic (exact) mass is 331 g/mol. The number of hydrogen-bond donors (Lipinski definition) is 0. The second kappa shape index (κ2) is 6.21. The molecule has 0 amide bonds. The fourth-order valence-corrected chi connectivity index (χ4v) is 5.07. The lowest BCUT2D eigenvalue weighted by Gasteiger charge is -2.36. The molecule has 0 bridgehead atoms. The quantitative estimate of drug-likeness (QED) is 0.717. The Balaban J connectivity index is 1.63. The van der Waals surface area contributed by atoms with Gasteiger partial charge < -0.3 is 0 Å². The van der Waals surface area contributed by atoms with Crippen molar-refractivity contribution >= 4 is 11.9 Å². The molecule has 128 valence electrons. The molecule has 0 N–H and O–H groups in total. The van der Waals surface area contributed by atoms with E-state index < -0.39 is 0 Å². The van der Waals surface area contributed by atoms with Gasteiger partial charge in [-0.05, 0) is 42.2 Å². The van der Waals surface area contributed by atoms with Gasteiger partial charge in [-0.3, -0.25) is 10.0 Å². The maximum Gasteiger partial charge on any atom is 0.147 e. The van der Waals surface area contributed by atoms with E-state index >= 15 is 0 Å². The van der Waals surface area contributed by atoms with Gasteiger partial charge in [0.25, 0.3) is 0 Å². The van der Waals surface area contributed by atoms with E-state index in [9.17, 15) is 0 Å². The van der Waals surface area contributed by atoms with Crippen LogP contribution in [0, 0.1) is 5.92 Å². The molecule has 1 saturated heterocycles.